The number of nitrogens with one attached hydrogen (secondary N) is 2. The lowest BCUT2D eigenvalue weighted by Crippen LogP contribution is -2.36. The van der Waals surface area contributed by atoms with E-state index in [4.69, 9.17) is 0 Å². The molecule has 0 radical (unpaired) electrons. The van der Waals surface area contributed by atoms with Gasteiger partial charge in [-0.15, -0.1) is 11.3 Å². The van der Waals surface area contributed by atoms with Crippen LogP contribution >= 0.6 is 11.3 Å². The average molecular weight is 326 g/mol. The quantitative estimate of drug-likeness (QED) is 0.895. The van der Waals surface area contributed by atoms with Gasteiger partial charge >= 0.3 is 0 Å². The van der Waals surface area contributed by atoms with Crippen molar-refractivity contribution in [3.05, 3.63) is 11.4 Å². The zero-order chi connectivity index (χ0) is 15.1. The van der Waals surface area contributed by atoms with Crippen LogP contribution in [-0.4, -0.2) is 42.0 Å². The summed E-state index contributed by atoms with van der Waals surface area (Å²) >= 11 is 1.55. The van der Waals surface area contributed by atoms with Crippen molar-refractivity contribution in [3.8, 4) is 0 Å². The minimum atomic E-state index is -2.95. The van der Waals surface area contributed by atoms with E-state index in [9.17, 15) is 8.42 Å². The average Bonchev–Trinajstić information content (AvgIpc) is 2.94. The summed E-state index contributed by atoms with van der Waals surface area (Å²) in [5.74, 6) is 1.65. The van der Waals surface area contributed by atoms with Crippen LogP contribution in [0.25, 0.3) is 10.2 Å². The summed E-state index contributed by atoms with van der Waals surface area (Å²) in [6.45, 7) is 4.66. The van der Waals surface area contributed by atoms with E-state index in [-0.39, 0.29) is 11.5 Å². The van der Waals surface area contributed by atoms with Crippen molar-refractivity contribution in [2.75, 3.05) is 28.7 Å². The van der Waals surface area contributed by atoms with Crippen LogP contribution in [0.3, 0.4) is 0 Å². The van der Waals surface area contributed by atoms with Crippen LogP contribution < -0.4 is 10.6 Å². The summed E-state index contributed by atoms with van der Waals surface area (Å²) in [7, 11) is -2.95. The minimum Gasteiger partial charge on any atom is -0.363 e. The Labute approximate surface area is 127 Å². The molecule has 1 aliphatic rings. The highest BCUT2D eigenvalue weighted by atomic mass is 32.2. The number of nitrogens with zero attached hydrogens (tertiary/aromatic N) is 2. The molecule has 2 N–H and O–H groups in total. The second kappa shape index (κ2) is 5.10. The molecule has 114 valence electrons. The van der Waals surface area contributed by atoms with E-state index in [1.54, 1.807) is 11.3 Å². The highest BCUT2D eigenvalue weighted by Gasteiger charge is 2.38. The van der Waals surface area contributed by atoms with Gasteiger partial charge in [0.05, 0.1) is 22.4 Å². The Morgan fingerprint density at radius 3 is 2.90 bits per heavy atom. The predicted molar refractivity (Wildman–Crippen MR) is 86.9 cm³/mol. The van der Waals surface area contributed by atoms with Gasteiger partial charge < -0.3 is 10.6 Å². The molecule has 0 amide bonds. The van der Waals surface area contributed by atoms with Crippen LogP contribution in [0.4, 0.5) is 11.8 Å². The van der Waals surface area contributed by atoms with Crippen LogP contribution in [0, 0.1) is 0 Å². The Morgan fingerprint density at radius 2 is 2.24 bits per heavy atom. The zero-order valence-corrected chi connectivity index (χ0v) is 13.6. The van der Waals surface area contributed by atoms with Crippen molar-refractivity contribution in [3.63, 3.8) is 0 Å². The van der Waals surface area contributed by atoms with Gasteiger partial charge in [0.15, 0.2) is 9.84 Å². The maximum atomic E-state index is 11.7. The monoisotopic (exact) mass is 326 g/mol. The molecule has 3 rings (SSSR count). The van der Waals surface area contributed by atoms with Gasteiger partial charge in [0, 0.05) is 6.54 Å². The highest BCUT2D eigenvalue weighted by Crippen LogP contribution is 2.32. The van der Waals surface area contributed by atoms with E-state index in [1.165, 1.54) is 0 Å². The second-order valence-corrected chi connectivity index (χ2v) is 8.67. The molecule has 1 unspecified atom stereocenters. The molecule has 21 heavy (non-hydrogen) atoms. The zero-order valence-electron chi connectivity index (χ0n) is 12.0. The van der Waals surface area contributed by atoms with Crippen molar-refractivity contribution < 1.29 is 8.42 Å². The van der Waals surface area contributed by atoms with Crippen LogP contribution in [0.2, 0.25) is 0 Å². The fourth-order valence-corrected chi connectivity index (χ4v) is 5.44. The first-order valence-corrected chi connectivity index (χ1v) is 9.59. The third-order valence-corrected chi connectivity index (χ3v) is 6.29. The Morgan fingerprint density at radius 1 is 1.43 bits per heavy atom. The number of hydrogen-bond donors (Lipinski definition) is 2. The van der Waals surface area contributed by atoms with Gasteiger partial charge in [-0.1, -0.05) is 0 Å². The largest absolute Gasteiger partial charge is 0.363 e. The molecule has 1 atom stereocenters. The summed E-state index contributed by atoms with van der Waals surface area (Å²) < 4.78 is 23.5. The van der Waals surface area contributed by atoms with Crippen molar-refractivity contribution in [1.29, 1.82) is 0 Å². The highest BCUT2D eigenvalue weighted by molar-refractivity contribution is 7.91. The number of aromatic nitrogens is 2. The molecule has 0 spiro atoms. The molecule has 0 bridgehead atoms. The predicted octanol–water partition coefficient (Wildman–Crippen LogP) is 2.11. The normalized spacial score (nSPS) is 24.3. The van der Waals surface area contributed by atoms with E-state index in [0.717, 1.165) is 16.8 Å². The molecule has 1 saturated heterocycles. The Kier molecular flexibility index (Phi) is 3.53. The Balaban J connectivity index is 1.98. The summed E-state index contributed by atoms with van der Waals surface area (Å²) in [5.41, 5.74) is -0.467. The first-order chi connectivity index (χ1) is 9.91. The van der Waals surface area contributed by atoms with Crippen LogP contribution in [-0.2, 0) is 9.84 Å². The fraction of sp³-hybridized carbons (Fsp3) is 0.538. The summed E-state index contributed by atoms with van der Waals surface area (Å²) in [4.78, 5) is 9.84. The first kappa shape index (κ1) is 14.5. The number of sulfone groups is 1. The number of rotatable bonds is 4. The number of hydrogen-bond acceptors (Lipinski definition) is 7. The molecule has 2 aromatic rings. The van der Waals surface area contributed by atoms with Crippen molar-refractivity contribution in [2.24, 2.45) is 0 Å². The molecule has 0 aliphatic carbocycles. The number of fused-ring (bicyclic) bond motifs is 1. The van der Waals surface area contributed by atoms with E-state index in [0.29, 0.717) is 18.2 Å². The lowest BCUT2D eigenvalue weighted by Gasteiger charge is -2.25. The van der Waals surface area contributed by atoms with Gasteiger partial charge in [0.2, 0.25) is 5.95 Å². The third-order valence-electron chi connectivity index (χ3n) is 3.58. The molecule has 1 aliphatic heterocycles. The van der Waals surface area contributed by atoms with Gasteiger partial charge in [0.25, 0.3) is 0 Å². The third kappa shape index (κ3) is 2.96. The smallest absolute Gasteiger partial charge is 0.226 e. The molecular weight excluding hydrogens is 308 g/mol. The van der Waals surface area contributed by atoms with Crippen molar-refractivity contribution >= 4 is 43.2 Å². The number of anilines is 2. The van der Waals surface area contributed by atoms with E-state index >= 15 is 0 Å². The molecule has 6 nitrogen and oxygen atoms in total. The van der Waals surface area contributed by atoms with Gasteiger partial charge in [-0.25, -0.2) is 13.4 Å². The standard InChI is InChI=1S/C13H18N4O2S2/c1-3-14-12-15-10(9-4-6-20-11(9)16-12)17-13(2)5-7-21(18,19)8-13/h4,6H,3,5,7-8H2,1-2H3,(H2,14,15,16,17). The van der Waals surface area contributed by atoms with Gasteiger partial charge in [-0.05, 0) is 31.7 Å². The molecule has 0 saturated carbocycles. The Hall–Kier alpha value is -1.41. The van der Waals surface area contributed by atoms with Crippen molar-refractivity contribution in [1.82, 2.24) is 9.97 Å². The second-order valence-electron chi connectivity index (χ2n) is 5.59. The summed E-state index contributed by atoms with van der Waals surface area (Å²) in [6.07, 6.45) is 0.599. The van der Waals surface area contributed by atoms with Crippen LogP contribution in [0.1, 0.15) is 20.3 Å². The summed E-state index contributed by atoms with van der Waals surface area (Å²) in [6, 6.07) is 1.96. The van der Waals surface area contributed by atoms with Crippen molar-refractivity contribution in [2.45, 2.75) is 25.8 Å². The fourth-order valence-electron chi connectivity index (χ4n) is 2.58. The van der Waals surface area contributed by atoms with Crippen LogP contribution in [0.15, 0.2) is 11.4 Å². The molecule has 3 heterocycles. The van der Waals surface area contributed by atoms with E-state index in [2.05, 4.69) is 20.6 Å². The van der Waals surface area contributed by atoms with Gasteiger partial charge in [-0.2, -0.15) is 4.98 Å². The lowest BCUT2D eigenvalue weighted by molar-refractivity contribution is 0.572. The topological polar surface area (TPSA) is 84.0 Å². The first-order valence-electron chi connectivity index (χ1n) is 6.88. The molecule has 0 aromatic carbocycles. The van der Waals surface area contributed by atoms with E-state index in [1.807, 2.05) is 25.3 Å². The maximum Gasteiger partial charge on any atom is 0.226 e. The number of thiophene rings is 1. The van der Waals surface area contributed by atoms with Crippen LogP contribution in [0.5, 0.6) is 0 Å². The van der Waals surface area contributed by atoms with Gasteiger partial charge in [-0.3, -0.25) is 0 Å². The van der Waals surface area contributed by atoms with Gasteiger partial charge in [0.1, 0.15) is 10.6 Å². The minimum absolute atomic E-state index is 0.145. The summed E-state index contributed by atoms with van der Waals surface area (Å²) in [5, 5.41) is 9.35. The maximum absolute atomic E-state index is 11.7. The van der Waals surface area contributed by atoms with E-state index < -0.39 is 15.4 Å². The molecule has 2 aromatic heterocycles. The molecule has 1 fully saturated rings. The lowest BCUT2D eigenvalue weighted by atomic mass is 10.0. The molecular formula is C13H18N4O2S2. The molecule has 8 heteroatoms. The Bertz CT molecular complexity index is 772. The SMILES string of the molecule is CCNc1nc(NC2(C)CCS(=O)(=O)C2)c2ccsc2n1.